The molecule has 1 aromatic carbocycles. The van der Waals surface area contributed by atoms with Gasteiger partial charge in [0.05, 0.1) is 31.6 Å². The minimum absolute atomic E-state index is 0.00339. The molecule has 4 rings (SSSR count). The normalized spacial score (nSPS) is 16.6. The van der Waals surface area contributed by atoms with Crippen molar-refractivity contribution in [3.05, 3.63) is 46.2 Å². The molecule has 0 saturated carbocycles. The Bertz CT molecular complexity index is 932. The summed E-state index contributed by atoms with van der Waals surface area (Å²) in [6, 6.07) is 6.01. The summed E-state index contributed by atoms with van der Waals surface area (Å²) in [6.07, 6.45) is 2.71. The van der Waals surface area contributed by atoms with E-state index in [1.165, 1.54) is 16.9 Å². The first-order valence-corrected chi connectivity index (χ1v) is 9.40. The molecule has 26 heavy (non-hydrogen) atoms. The number of carbonyl (C=O) groups is 1. The molecular formula is C18H21N5O2S. The summed E-state index contributed by atoms with van der Waals surface area (Å²) in [5.41, 5.74) is 3.23. The average molecular weight is 371 g/mol. The number of hydrogen-bond acceptors (Lipinski definition) is 5. The van der Waals surface area contributed by atoms with Crippen LogP contribution >= 0.6 is 11.3 Å². The summed E-state index contributed by atoms with van der Waals surface area (Å²) in [5, 5.41) is 8.29. The molecule has 8 heteroatoms. The number of benzene rings is 1. The third-order valence-electron chi connectivity index (χ3n) is 4.77. The molecule has 2 aromatic heterocycles. The standard InChI is InChI=1S/C18H21N5O2S/c1-11-16-8-15(25-3)5-4-13(16)6-7-22(11)17(24)19-9-14-10-23-18(20-14)26-12(2)21-23/h4-5,8,10-11H,6-7,9H2,1-3H3,(H,19,24)/t11-/m0/s1. The van der Waals surface area contributed by atoms with Crippen LogP contribution in [0.3, 0.4) is 0 Å². The number of amides is 2. The van der Waals surface area contributed by atoms with Gasteiger partial charge in [-0.25, -0.2) is 14.3 Å². The van der Waals surface area contributed by atoms with Gasteiger partial charge in [0.25, 0.3) is 0 Å². The van der Waals surface area contributed by atoms with Crippen LogP contribution in [-0.4, -0.2) is 39.2 Å². The van der Waals surface area contributed by atoms with Gasteiger partial charge in [-0.1, -0.05) is 17.4 Å². The van der Waals surface area contributed by atoms with Crippen molar-refractivity contribution in [1.82, 2.24) is 24.8 Å². The monoisotopic (exact) mass is 371 g/mol. The Kier molecular flexibility index (Phi) is 4.28. The number of carbonyl (C=O) groups excluding carboxylic acids is 1. The van der Waals surface area contributed by atoms with Gasteiger partial charge < -0.3 is 15.0 Å². The lowest BCUT2D eigenvalue weighted by molar-refractivity contribution is 0.174. The zero-order valence-electron chi connectivity index (χ0n) is 15.0. The number of urea groups is 1. The highest BCUT2D eigenvalue weighted by Crippen LogP contribution is 2.32. The van der Waals surface area contributed by atoms with Gasteiger partial charge in [-0.05, 0) is 43.5 Å². The molecule has 3 heterocycles. The van der Waals surface area contributed by atoms with Crippen molar-refractivity contribution in [1.29, 1.82) is 0 Å². The highest BCUT2D eigenvalue weighted by Gasteiger charge is 2.28. The molecule has 7 nitrogen and oxygen atoms in total. The van der Waals surface area contributed by atoms with Crippen molar-refractivity contribution in [3.63, 3.8) is 0 Å². The maximum atomic E-state index is 12.7. The second-order valence-electron chi connectivity index (χ2n) is 6.42. The summed E-state index contributed by atoms with van der Waals surface area (Å²) < 4.78 is 7.08. The van der Waals surface area contributed by atoms with E-state index < -0.39 is 0 Å². The first-order chi connectivity index (χ1) is 12.5. The molecule has 0 saturated heterocycles. The Balaban J connectivity index is 1.44. The molecule has 1 aliphatic heterocycles. The first-order valence-electron chi connectivity index (χ1n) is 8.58. The van der Waals surface area contributed by atoms with Gasteiger partial charge in [-0.3, -0.25) is 0 Å². The molecule has 0 spiro atoms. The van der Waals surface area contributed by atoms with Crippen molar-refractivity contribution in [2.75, 3.05) is 13.7 Å². The number of aromatic nitrogens is 3. The summed E-state index contributed by atoms with van der Waals surface area (Å²) in [6.45, 7) is 5.09. The van der Waals surface area contributed by atoms with Crippen LogP contribution in [0.25, 0.3) is 4.96 Å². The topological polar surface area (TPSA) is 71.8 Å². The smallest absolute Gasteiger partial charge is 0.318 e. The molecule has 0 unspecified atom stereocenters. The Morgan fingerprint density at radius 3 is 3.08 bits per heavy atom. The zero-order chi connectivity index (χ0) is 18.3. The van der Waals surface area contributed by atoms with Crippen LogP contribution < -0.4 is 10.1 Å². The van der Waals surface area contributed by atoms with Crippen LogP contribution in [0.4, 0.5) is 4.79 Å². The number of aryl methyl sites for hydroxylation is 1. The van der Waals surface area contributed by atoms with Crippen LogP contribution in [-0.2, 0) is 13.0 Å². The van der Waals surface area contributed by atoms with Gasteiger partial charge in [0.15, 0.2) is 0 Å². The number of nitrogens with zero attached hydrogens (tertiary/aromatic N) is 4. The van der Waals surface area contributed by atoms with Crippen LogP contribution in [0.15, 0.2) is 24.4 Å². The van der Waals surface area contributed by atoms with E-state index in [0.717, 1.165) is 33.4 Å². The Morgan fingerprint density at radius 2 is 2.31 bits per heavy atom. The number of imidazole rings is 1. The van der Waals surface area contributed by atoms with E-state index >= 15 is 0 Å². The lowest BCUT2D eigenvalue weighted by atomic mass is 9.93. The molecule has 0 bridgehead atoms. The molecule has 136 valence electrons. The van der Waals surface area contributed by atoms with E-state index in [1.807, 2.05) is 30.2 Å². The zero-order valence-corrected chi connectivity index (χ0v) is 15.8. The van der Waals surface area contributed by atoms with E-state index in [0.29, 0.717) is 13.1 Å². The molecule has 0 fully saturated rings. The molecule has 0 radical (unpaired) electrons. The maximum Gasteiger partial charge on any atom is 0.318 e. The fraction of sp³-hybridized carbons (Fsp3) is 0.389. The number of methoxy groups -OCH3 is 1. The quantitative estimate of drug-likeness (QED) is 0.768. The van der Waals surface area contributed by atoms with Crippen molar-refractivity contribution < 1.29 is 9.53 Å². The minimum atomic E-state index is -0.0773. The van der Waals surface area contributed by atoms with E-state index in [-0.39, 0.29) is 12.1 Å². The molecule has 1 atom stereocenters. The largest absolute Gasteiger partial charge is 0.497 e. The Hall–Kier alpha value is -2.61. The van der Waals surface area contributed by atoms with Gasteiger partial charge in [0, 0.05) is 6.54 Å². The molecule has 1 aliphatic rings. The highest BCUT2D eigenvalue weighted by molar-refractivity contribution is 7.16. The lowest BCUT2D eigenvalue weighted by Crippen LogP contribution is -2.44. The number of hydrogen-bond donors (Lipinski definition) is 1. The van der Waals surface area contributed by atoms with Crippen LogP contribution in [0.1, 0.15) is 34.8 Å². The predicted octanol–water partition coefficient (Wildman–Crippen LogP) is 2.94. The highest BCUT2D eigenvalue weighted by atomic mass is 32.1. The van der Waals surface area contributed by atoms with Crippen LogP contribution in [0.5, 0.6) is 5.75 Å². The Labute approximate surface area is 155 Å². The van der Waals surface area contributed by atoms with Gasteiger partial charge >= 0.3 is 6.03 Å². The number of rotatable bonds is 3. The second kappa shape index (κ2) is 6.60. The number of nitrogens with one attached hydrogen (secondary N) is 1. The predicted molar refractivity (Wildman–Crippen MR) is 99.7 cm³/mol. The fourth-order valence-corrected chi connectivity index (χ4v) is 4.14. The van der Waals surface area contributed by atoms with Crippen molar-refractivity contribution in [3.8, 4) is 5.75 Å². The van der Waals surface area contributed by atoms with E-state index in [1.54, 1.807) is 11.6 Å². The molecule has 2 amide bonds. The minimum Gasteiger partial charge on any atom is -0.497 e. The number of fused-ring (bicyclic) bond motifs is 2. The van der Waals surface area contributed by atoms with Gasteiger partial charge in [0.2, 0.25) is 4.96 Å². The number of ether oxygens (including phenoxy) is 1. The van der Waals surface area contributed by atoms with E-state index in [4.69, 9.17) is 4.74 Å². The van der Waals surface area contributed by atoms with E-state index in [9.17, 15) is 4.79 Å². The van der Waals surface area contributed by atoms with Crippen molar-refractivity contribution >= 4 is 22.3 Å². The summed E-state index contributed by atoms with van der Waals surface area (Å²) in [7, 11) is 1.66. The van der Waals surface area contributed by atoms with Gasteiger partial charge in [0.1, 0.15) is 10.8 Å². The first kappa shape index (κ1) is 16.8. The molecule has 1 N–H and O–H groups in total. The van der Waals surface area contributed by atoms with Crippen molar-refractivity contribution in [2.24, 2.45) is 0 Å². The third kappa shape index (κ3) is 3.01. The summed E-state index contributed by atoms with van der Waals surface area (Å²) >= 11 is 1.54. The maximum absolute atomic E-state index is 12.7. The second-order valence-corrected chi connectivity index (χ2v) is 7.58. The molecular weight excluding hydrogens is 350 g/mol. The Morgan fingerprint density at radius 1 is 1.46 bits per heavy atom. The average Bonchev–Trinajstić information content (AvgIpc) is 3.16. The van der Waals surface area contributed by atoms with Gasteiger partial charge in [-0.15, -0.1) is 0 Å². The van der Waals surface area contributed by atoms with Crippen LogP contribution in [0, 0.1) is 6.92 Å². The van der Waals surface area contributed by atoms with Crippen molar-refractivity contribution in [2.45, 2.75) is 32.9 Å². The van der Waals surface area contributed by atoms with Gasteiger partial charge in [-0.2, -0.15) is 5.10 Å². The van der Waals surface area contributed by atoms with Crippen LogP contribution in [0.2, 0.25) is 0 Å². The summed E-state index contributed by atoms with van der Waals surface area (Å²) in [4.78, 5) is 19.9. The molecule has 0 aliphatic carbocycles. The summed E-state index contributed by atoms with van der Waals surface area (Å²) in [5.74, 6) is 0.818. The third-order valence-corrected chi connectivity index (χ3v) is 5.61. The fourth-order valence-electron chi connectivity index (χ4n) is 3.39. The lowest BCUT2D eigenvalue weighted by Gasteiger charge is -2.35. The molecule has 3 aromatic rings. The SMILES string of the molecule is COc1ccc2c(c1)[C@H](C)N(C(=O)NCc1cn3nc(C)sc3n1)CC2. The van der Waals surface area contributed by atoms with E-state index in [2.05, 4.69) is 28.4 Å².